The number of ether oxygens (including phenoxy) is 1. The lowest BCUT2D eigenvalue weighted by molar-refractivity contribution is 0.300. The van der Waals surface area contributed by atoms with Crippen LogP contribution in [0.2, 0.25) is 5.02 Å². The zero-order valence-corrected chi connectivity index (χ0v) is 12.5. The molecule has 1 saturated heterocycles. The van der Waals surface area contributed by atoms with Crippen LogP contribution < -0.4 is 10.1 Å². The number of halogens is 1. The predicted octanol–water partition coefficient (Wildman–Crippen LogP) is 3.63. The first kappa shape index (κ1) is 14.5. The van der Waals surface area contributed by atoms with Gasteiger partial charge in [0.25, 0.3) is 0 Å². The fourth-order valence-electron chi connectivity index (χ4n) is 2.61. The van der Waals surface area contributed by atoms with Crippen LogP contribution in [-0.4, -0.2) is 37.7 Å². The Morgan fingerprint density at radius 3 is 2.89 bits per heavy atom. The van der Waals surface area contributed by atoms with Crippen molar-refractivity contribution < 1.29 is 4.74 Å². The Bertz CT molecular complexity index is 411. The van der Waals surface area contributed by atoms with Gasteiger partial charge in [-0.3, -0.25) is 0 Å². The molecule has 1 heterocycles. The number of hydrogen-bond donors (Lipinski definition) is 1. The Morgan fingerprint density at radius 2 is 2.21 bits per heavy atom. The molecule has 1 N–H and O–H groups in total. The minimum Gasteiger partial charge on any atom is -0.495 e. The number of anilines is 1. The third kappa shape index (κ3) is 4.02. The number of methoxy groups -OCH3 is 1. The summed E-state index contributed by atoms with van der Waals surface area (Å²) in [6.07, 6.45) is 3.67. The lowest BCUT2D eigenvalue weighted by Crippen LogP contribution is -2.26. The van der Waals surface area contributed by atoms with E-state index in [4.69, 9.17) is 16.3 Å². The highest BCUT2D eigenvalue weighted by atomic mass is 35.5. The number of likely N-dealkylation sites (tertiary alicyclic amines) is 1. The molecule has 0 spiro atoms. The van der Waals surface area contributed by atoms with Crippen molar-refractivity contribution in [2.45, 2.75) is 32.2 Å². The van der Waals surface area contributed by atoms with Crippen LogP contribution in [0.4, 0.5) is 5.69 Å². The summed E-state index contributed by atoms with van der Waals surface area (Å²) in [5.41, 5.74) is 1.08. The molecule has 0 aromatic heterocycles. The molecule has 0 amide bonds. The smallest absolute Gasteiger partial charge is 0.137 e. The largest absolute Gasteiger partial charge is 0.495 e. The van der Waals surface area contributed by atoms with Gasteiger partial charge in [0, 0.05) is 18.3 Å². The van der Waals surface area contributed by atoms with Gasteiger partial charge in [-0.05, 0) is 50.6 Å². The maximum Gasteiger partial charge on any atom is 0.137 e. The molecule has 1 atom stereocenters. The third-order valence-electron chi connectivity index (χ3n) is 3.79. The summed E-state index contributed by atoms with van der Waals surface area (Å²) in [5, 5.41) is 4.25. The Labute approximate surface area is 120 Å². The molecule has 0 radical (unpaired) electrons. The van der Waals surface area contributed by atoms with Crippen molar-refractivity contribution in [3.05, 3.63) is 23.2 Å². The van der Waals surface area contributed by atoms with E-state index in [1.165, 1.54) is 32.4 Å². The van der Waals surface area contributed by atoms with Gasteiger partial charge in [0.15, 0.2) is 0 Å². The van der Waals surface area contributed by atoms with Gasteiger partial charge >= 0.3 is 0 Å². The van der Waals surface area contributed by atoms with Crippen molar-refractivity contribution in [2.24, 2.45) is 0 Å². The SMILES string of the molecule is CCN1CCCC(Nc2ccc(OC)c(Cl)c2)CC1. The Balaban J connectivity index is 1.95. The molecule has 19 heavy (non-hydrogen) atoms. The predicted molar refractivity (Wildman–Crippen MR) is 81.4 cm³/mol. The number of benzene rings is 1. The summed E-state index contributed by atoms with van der Waals surface area (Å²) >= 11 is 6.15. The average Bonchev–Trinajstić information content (AvgIpc) is 2.64. The summed E-state index contributed by atoms with van der Waals surface area (Å²) < 4.78 is 5.17. The molecule has 1 unspecified atom stereocenters. The van der Waals surface area contributed by atoms with Crippen LogP contribution in [0.5, 0.6) is 5.75 Å². The lowest BCUT2D eigenvalue weighted by atomic mass is 10.1. The normalized spacial score (nSPS) is 20.9. The number of nitrogens with one attached hydrogen (secondary N) is 1. The van der Waals surface area contributed by atoms with Gasteiger partial charge < -0.3 is 15.0 Å². The molecule has 2 rings (SSSR count). The third-order valence-corrected chi connectivity index (χ3v) is 4.09. The number of rotatable bonds is 4. The molecule has 3 nitrogen and oxygen atoms in total. The van der Waals surface area contributed by atoms with E-state index in [-0.39, 0.29) is 0 Å². The fourth-order valence-corrected chi connectivity index (χ4v) is 2.87. The van der Waals surface area contributed by atoms with Crippen LogP contribution >= 0.6 is 11.6 Å². The van der Waals surface area contributed by atoms with E-state index in [2.05, 4.69) is 17.1 Å². The molecule has 1 aliphatic rings. The highest BCUT2D eigenvalue weighted by Gasteiger charge is 2.16. The molecule has 1 aromatic carbocycles. The molecule has 4 heteroatoms. The Morgan fingerprint density at radius 1 is 1.37 bits per heavy atom. The first-order chi connectivity index (χ1) is 9.22. The van der Waals surface area contributed by atoms with Gasteiger partial charge in [0.2, 0.25) is 0 Å². The minimum atomic E-state index is 0.543. The van der Waals surface area contributed by atoms with Crippen LogP contribution in [0.1, 0.15) is 26.2 Å². The highest BCUT2D eigenvalue weighted by Crippen LogP contribution is 2.28. The van der Waals surface area contributed by atoms with Crippen molar-refractivity contribution in [3.63, 3.8) is 0 Å². The molecule has 0 bridgehead atoms. The van der Waals surface area contributed by atoms with Gasteiger partial charge in [0.05, 0.1) is 12.1 Å². The summed E-state index contributed by atoms with van der Waals surface area (Å²) in [7, 11) is 1.64. The Kier molecular flexibility index (Phi) is 5.34. The zero-order chi connectivity index (χ0) is 13.7. The van der Waals surface area contributed by atoms with E-state index < -0.39 is 0 Å². The minimum absolute atomic E-state index is 0.543. The second-order valence-corrected chi connectivity index (χ2v) is 5.46. The van der Waals surface area contributed by atoms with Crippen molar-refractivity contribution in [1.82, 2.24) is 4.90 Å². The van der Waals surface area contributed by atoms with Crippen LogP contribution in [0, 0.1) is 0 Å². The van der Waals surface area contributed by atoms with E-state index in [9.17, 15) is 0 Å². The lowest BCUT2D eigenvalue weighted by Gasteiger charge is -2.19. The molecule has 1 fully saturated rings. The van der Waals surface area contributed by atoms with Crippen LogP contribution in [0.3, 0.4) is 0 Å². The molecule has 0 saturated carbocycles. The highest BCUT2D eigenvalue weighted by molar-refractivity contribution is 6.32. The second kappa shape index (κ2) is 7.01. The molecular weight excluding hydrogens is 260 g/mol. The van der Waals surface area contributed by atoms with Gasteiger partial charge in [-0.2, -0.15) is 0 Å². The van der Waals surface area contributed by atoms with Crippen molar-refractivity contribution in [2.75, 3.05) is 32.1 Å². The van der Waals surface area contributed by atoms with E-state index >= 15 is 0 Å². The van der Waals surface area contributed by atoms with Gasteiger partial charge in [-0.1, -0.05) is 18.5 Å². The quantitative estimate of drug-likeness (QED) is 0.913. The molecular formula is C15H23ClN2O. The Hall–Kier alpha value is -0.930. The summed E-state index contributed by atoms with van der Waals surface area (Å²) in [5.74, 6) is 0.727. The van der Waals surface area contributed by atoms with E-state index in [0.29, 0.717) is 11.1 Å². The number of hydrogen-bond acceptors (Lipinski definition) is 3. The topological polar surface area (TPSA) is 24.5 Å². The molecule has 1 aliphatic heterocycles. The van der Waals surface area contributed by atoms with E-state index in [1.54, 1.807) is 7.11 Å². The van der Waals surface area contributed by atoms with E-state index in [0.717, 1.165) is 18.0 Å². The molecule has 106 valence electrons. The van der Waals surface area contributed by atoms with Crippen LogP contribution in [0.15, 0.2) is 18.2 Å². The van der Waals surface area contributed by atoms with Crippen molar-refractivity contribution in [3.8, 4) is 5.75 Å². The maximum atomic E-state index is 6.15. The molecule has 0 aliphatic carbocycles. The summed E-state index contributed by atoms with van der Waals surface area (Å²) in [6.45, 7) is 5.79. The fraction of sp³-hybridized carbons (Fsp3) is 0.600. The number of nitrogens with zero attached hydrogens (tertiary/aromatic N) is 1. The average molecular weight is 283 g/mol. The van der Waals surface area contributed by atoms with Crippen LogP contribution in [0.25, 0.3) is 0 Å². The zero-order valence-electron chi connectivity index (χ0n) is 11.8. The van der Waals surface area contributed by atoms with E-state index in [1.807, 2.05) is 18.2 Å². The van der Waals surface area contributed by atoms with Gasteiger partial charge in [0.1, 0.15) is 5.75 Å². The van der Waals surface area contributed by atoms with Crippen molar-refractivity contribution in [1.29, 1.82) is 0 Å². The first-order valence-corrected chi connectivity index (χ1v) is 7.43. The van der Waals surface area contributed by atoms with Crippen molar-refractivity contribution >= 4 is 17.3 Å². The standard InChI is InChI=1S/C15H23ClN2O/c1-3-18-9-4-5-12(8-10-18)17-13-6-7-15(19-2)14(16)11-13/h6-7,11-12,17H,3-5,8-10H2,1-2H3. The van der Waals surface area contributed by atoms with Gasteiger partial charge in [-0.15, -0.1) is 0 Å². The second-order valence-electron chi connectivity index (χ2n) is 5.06. The summed E-state index contributed by atoms with van der Waals surface area (Å²) in [4.78, 5) is 2.52. The maximum absolute atomic E-state index is 6.15. The van der Waals surface area contributed by atoms with Crippen LogP contribution in [-0.2, 0) is 0 Å². The first-order valence-electron chi connectivity index (χ1n) is 7.05. The van der Waals surface area contributed by atoms with Gasteiger partial charge in [-0.25, -0.2) is 0 Å². The summed E-state index contributed by atoms with van der Waals surface area (Å²) in [6, 6.07) is 6.44. The monoisotopic (exact) mass is 282 g/mol. The molecule has 1 aromatic rings.